The minimum atomic E-state index is -0.920. The Kier molecular flexibility index (Phi) is 8.93. The Labute approximate surface area is 124 Å². The third-order valence-electron chi connectivity index (χ3n) is 2.47. The highest BCUT2D eigenvalue weighted by molar-refractivity contribution is 5.91. The lowest BCUT2D eigenvalue weighted by Gasteiger charge is -1.93. The Bertz CT molecular complexity index is 527. The number of benzene rings is 1. The summed E-state index contributed by atoms with van der Waals surface area (Å²) in [5.41, 5.74) is 1.51. The van der Waals surface area contributed by atoms with Crippen LogP contribution in [-0.2, 0) is 9.59 Å². The largest absolute Gasteiger partial charge is 0.478 e. The van der Waals surface area contributed by atoms with Crippen molar-refractivity contribution in [3.63, 3.8) is 0 Å². The predicted molar refractivity (Wildman–Crippen MR) is 83.9 cm³/mol. The summed E-state index contributed by atoms with van der Waals surface area (Å²) in [5, 5.41) is 16.8. The van der Waals surface area contributed by atoms with Crippen LogP contribution in [-0.4, -0.2) is 22.2 Å². The van der Waals surface area contributed by atoms with Gasteiger partial charge in [0.1, 0.15) is 0 Å². The molecule has 0 fully saturated rings. The second kappa shape index (κ2) is 10.2. The van der Waals surface area contributed by atoms with Gasteiger partial charge in [-0.2, -0.15) is 0 Å². The molecular formula is C17H20O4. The number of hydrogen-bond acceptors (Lipinski definition) is 2. The molecule has 0 saturated heterocycles. The van der Waals surface area contributed by atoms with Gasteiger partial charge in [0, 0.05) is 11.1 Å². The molecule has 0 aliphatic rings. The molecule has 0 saturated carbocycles. The van der Waals surface area contributed by atoms with E-state index in [1.165, 1.54) is 0 Å². The first-order valence-electron chi connectivity index (χ1n) is 6.37. The molecule has 0 bridgehead atoms. The number of rotatable bonds is 6. The maximum absolute atomic E-state index is 10.4. The summed E-state index contributed by atoms with van der Waals surface area (Å²) in [6.07, 6.45) is 4.50. The van der Waals surface area contributed by atoms with Crippen molar-refractivity contribution >= 4 is 18.0 Å². The van der Waals surface area contributed by atoms with Gasteiger partial charge < -0.3 is 10.2 Å². The Hall–Kier alpha value is -2.62. The molecule has 0 unspecified atom stereocenters. The molecule has 0 aromatic heterocycles. The average molecular weight is 288 g/mol. The van der Waals surface area contributed by atoms with E-state index in [2.05, 4.69) is 13.2 Å². The molecule has 4 nitrogen and oxygen atoms in total. The molecule has 0 radical (unpaired) electrons. The van der Waals surface area contributed by atoms with Gasteiger partial charge in [-0.1, -0.05) is 43.0 Å². The summed E-state index contributed by atoms with van der Waals surface area (Å²) in [6.45, 7) is 8.38. The van der Waals surface area contributed by atoms with Crippen LogP contribution in [0.3, 0.4) is 0 Å². The quantitative estimate of drug-likeness (QED) is 0.617. The van der Waals surface area contributed by atoms with Crippen molar-refractivity contribution in [3.8, 4) is 0 Å². The highest BCUT2D eigenvalue weighted by atomic mass is 16.4. The molecule has 0 spiro atoms. The Balaban J connectivity index is 0.000000400. The number of carbonyl (C=O) groups is 2. The molecule has 2 N–H and O–H groups in total. The summed E-state index contributed by atoms with van der Waals surface area (Å²) < 4.78 is 0. The first-order chi connectivity index (χ1) is 9.88. The standard InChI is InChI=1S/C10H10O2.C7H10O2/c1-8(10(11)12)7-9-5-3-2-4-6-9;1-3-4-5-6(2)7(8)9/h2-7H,1H3,(H,11,12);3H,1-2,4-5H2,(H,8,9). The van der Waals surface area contributed by atoms with Gasteiger partial charge in [-0.25, -0.2) is 9.59 Å². The zero-order valence-electron chi connectivity index (χ0n) is 12.1. The highest BCUT2D eigenvalue weighted by Crippen LogP contribution is 2.05. The average Bonchev–Trinajstić information content (AvgIpc) is 2.46. The Morgan fingerprint density at radius 3 is 2.14 bits per heavy atom. The minimum absolute atomic E-state index is 0.245. The van der Waals surface area contributed by atoms with Crippen molar-refractivity contribution < 1.29 is 19.8 Å². The molecule has 0 aliphatic heterocycles. The third-order valence-corrected chi connectivity index (χ3v) is 2.47. The smallest absolute Gasteiger partial charge is 0.331 e. The van der Waals surface area contributed by atoms with Gasteiger partial charge >= 0.3 is 11.9 Å². The van der Waals surface area contributed by atoms with Crippen LogP contribution in [0.15, 0.2) is 60.7 Å². The zero-order chi connectivity index (χ0) is 16.3. The van der Waals surface area contributed by atoms with E-state index in [0.717, 1.165) is 5.56 Å². The molecule has 0 heterocycles. The van der Waals surface area contributed by atoms with E-state index in [0.29, 0.717) is 18.4 Å². The second-order valence-electron chi connectivity index (χ2n) is 4.28. The van der Waals surface area contributed by atoms with Crippen LogP contribution in [0.5, 0.6) is 0 Å². The van der Waals surface area contributed by atoms with Crippen molar-refractivity contribution in [1.29, 1.82) is 0 Å². The summed E-state index contributed by atoms with van der Waals surface area (Å²) in [4.78, 5) is 20.5. The van der Waals surface area contributed by atoms with Crippen molar-refractivity contribution in [2.45, 2.75) is 19.8 Å². The van der Waals surface area contributed by atoms with Crippen LogP contribution in [0.2, 0.25) is 0 Å². The SMILES string of the molecule is C=CCCC(=C)C(=O)O.CC(=Cc1ccccc1)C(=O)O. The first-order valence-corrected chi connectivity index (χ1v) is 6.37. The van der Waals surface area contributed by atoms with E-state index >= 15 is 0 Å². The summed E-state index contributed by atoms with van der Waals surface area (Å²) in [6, 6.07) is 9.38. The number of carboxylic acid groups (broad SMARTS) is 2. The topological polar surface area (TPSA) is 74.6 Å². The Morgan fingerprint density at radius 1 is 1.14 bits per heavy atom. The second-order valence-corrected chi connectivity index (χ2v) is 4.28. The van der Waals surface area contributed by atoms with E-state index in [1.54, 1.807) is 19.1 Å². The molecule has 1 aromatic rings. The third kappa shape index (κ3) is 8.99. The molecular weight excluding hydrogens is 268 g/mol. The maximum atomic E-state index is 10.4. The van der Waals surface area contributed by atoms with Crippen molar-refractivity contribution in [1.82, 2.24) is 0 Å². The van der Waals surface area contributed by atoms with Gasteiger partial charge in [0.15, 0.2) is 0 Å². The van der Waals surface area contributed by atoms with Crippen molar-refractivity contribution in [2.75, 3.05) is 0 Å². The van der Waals surface area contributed by atoms with Crippen LogP contribution in [0.4, 0.5) is 0 Å². The molecule has 4 heteroatoms. The Morgan fingerprint density at radius 2 is 1.71 bits per heavy atom. The van der Waals surface area contributed by atoms with Crippen molar-refractivity contribution in [3.05, 3.63) is 66.3 Å². The van der Waals surface area contributed by atoms with Crippen LogP contribution in [0.25, 0.3) is 6.08 Å². The summed E-state index contributed by atoms with van der Waals surface area (Å²) in [7, 11) is 0. The fraction of sp³-hybridized carbons (Fsp3) is 0.176. The normalized spacial score (nSPS) is 10.0. The van der Waals surface area contributed by atoms with Crippen LogP contribution in [0, 0.1) is 0 Å². The lowest BCUT2D eigenvalue weighted by molar-refractivity contribution is -0.133. The van der Waals surface area contributed by atoms with Gasteiger partial charge in [-0.15, -0.1) is 6.58 Å². The molecule has 1 aromatic carbocycles. The predicted octanol–water partition coefficient (Wildman–Crippen LogP) is 3.77. The van der Waals surface area contributed by atoms with Crippen LogP contribution >= 0.6 is 0 Å². The van der Waals surface area contributed by atoms with E-state index in [-0.39, 0.29) is 5.57 Å². The van der Waals surface area contributed by atoms with Gasteiger partial charge in [-0.3, -0.25) is 0 Å². The lowest BCUT2D eigenvalue weighted by atomic mass is 10.1. The molecule has 0 amide bonds. The fourth-order valence-corrected chi connectivity index (χ4v) is 1.24. The van der Waals surface area contributed by atoms with Gasteiger partial charge in [-0.05, 0) is 31.4 Å². The van der Waals surface area contributed by atoms with E-state index < -0.39 is 11.9 Å². The molecule has 0 atom stereocenters. The van der Waals surface area contributed by atoms with Gasteiger partial charge in [0.2, 0.25) is 0 Å². The molecule has 0 aliphatic carbocycles. The summed E-state index contributed by atoms with van der Waals surface area (Å²) in [5.74, 6) is -1.80. The van der Waals surface area contributed by atoms with E-state index in [1.807, 2.05) is 30.3 Å². The lowest BCUT2D eigenvalue weighted by Crippen LogP contribution is -1.97. The number of aliphatic carboxylic acids is 2. The molecule has 112 valence electrons. The first kappa shape index (κ1) is 18.4. The monoisotopic (exact) mass is 288 g/mol. The van der Waals surface area contributed by atoms with Gasteiger partial charge in [0.05, 0.1) is 0 Å². The minimum Gasteiger partial charge on any atom is -0.478 e. The highest BCUT2D eigenvalue weighted by Gasteiger charge is 2.00. The maximum Gasteiger partial charge on any atom is 0.331 e. The molecule has 21 heavy (non-hydrogen) atoms. The van der Waals surface area contributed by atoms with Crippen LogP contribution in [0.1, 0.15) is 25.3 Å². The summed E-state index contributed by atoms with van der Waals surface area (Å²) >= 11 is 0. The van der Waals surface area contributed by atoms with Crippen molar-refractivity contribution in [2.24, 2.45) is 0 Å². The number of allylic oxidation sites excluding steroid dienone is 1. The van der Waals surface area contributed by atoms with Crippen LogP contribution < -0.4 is 0 Å². The number of hydrogen-bond donors (Lipinski definition) is 2. The van der Waals surface area contributed by atoms with Gasteiger partial charge in [0.25, 0.3) is 0 Å². The molecule has 1 rings (SSSR count). The van der Waals surface area contributed by atoms with E-state index in [9.17, 15) is 9.59 Å². The zero-order valence-corrected chi connectivity index (χ0v) is 12.1. The van der Waals surface area contributed by atoms with E-state index in [4.69, 9.17) is 10.2 Å². The number of carboxylic acids is 2. The fourth-order valence-electron chi connectivity index (χ4n) is 1.24.